The maximum atomic E-state index is 11.5. The predicted molar refractivity (Wildman–Crippen MR) is 59.1 cm³/mol. The highest BCUT2D eigenvalue weighted by Crippen LogP contribution is 2.20. The molecular formula is C12H17NO2. The van der Waals surface area contributed by atoms with E-state index in [4.69, 9.17) is 4.74 Å². The number of rotatable bonds is 5. The normalized spacial score (nSPS) is 12.2. The molecule has 3 nitrogen and oxygen atoms in total. The van der Waals surface area contributed by atoms with Gasteiger partial charge in [-0.05, 0) is 18.6 Å². The Morgan fingerprint density at radius 1 is 1.53 bits per heavy atom. The molecule has 1 atom stereocenters. The van der Waals surface area contributed by atoms with E-state index in [9.17, 15) is 4.79 Å². The van der Waals surface area contributed by atoms with Crippen LogP contribution < -0.4 is 4.74 Å². The summed E-state index contributed by atoms with van der Waals surface area (Å²) in [5.41, 5.74) is 0.973. The Labute approximate surface area is 90.5 Å². The highest BCUT2D eigenvalue weighted by molar-refractivity contribution is 5.85. The van der Waals surface area contributed by atoms with Gasteiger partial charge in [0.15, 0.2) is 0 Å². The van der Waals surface area contributed by atoms with Gasteiger partial charge in [0.05, 0.1) is 6.61 Å². The van der Waals surface area contributed by atoms with Gasteiger partial charge in [-0.2, -0.15) is 0 Å². The summed E-state index contributed by atoms with van der Waals surface area (Å²) >= 11 is 0. The fourth-order valence-electron chi connectivity index (χ4n) is 1.41. The van der Waals surface area contributed by atoms with Gasteiger partial charge in [-0.25, -0.2) is 4.98 Å². The van der Waals surface area contributed by atoms with Crippen LogP contribution in [0.15, 0.2) is 18.3 Å². The second-order valence-corrected chi connectivity index (χ2v) is 3.40. The number of Topliss-reactive ketones (excluding diaryl/α,β-unsaturated/α-hetero) is 1. The topological polar surface area (TPSA) is 39.2 Å². The Morgan fingerprint density at radius 2 is 2.27 bits per heavy atom. The fraction of sp³-hybridized carbons (Fsp3) is 0.500. The van der Waals surface area contributed by atoms with Crippen molar-refractivity contribution in [1.82, 2.24) is 4.98 Å². The molecule has 1 aromatic heterocycles. The molecule has 0 spiro atoms. The number of carbonyl (C=O) groups is 1. The average Bonchev–Trinajstić information content (AvgIpc) is 2.28. The number of ether oxygens (including phenoxy) is 1. The van der Waals surface area contributed by atoms with Crippen LogP contribution in [0.3, 0.4) is 0 Å². The summed E-state index contributed by atoms with van der Waals surface area (Å²) in [5, 5.41) is 0. The zero-order valence-electron chi connectivity index (χ0n) is 9.49. The van der Waals surface area contributed by atoms with Gasteiger partial charge >= 0.3 is 0 Å². The van der Waals surface area contributed by atoms with E-state index in [1.807, 2.05) is 32.9 Å². The van der Waals surface area contributed by atoms with Crippen molar-refractivity contribution in [1.29, 1.82) is 0 Å². The maximum Gasteiger partial charge on any atom is 0.213 e. The molecule has 1 heterocycles. The van der Waals surface area contributed by atoms with E-state index in [0.29, 0.717) is 18.9 Å². The quantitative estimate of drug-likeness (QED) is 0.744. The molecule has 0 N–H and O–H groups in total. The molecule has 0 bridgehead atoms. The van der Waals surface area contributed by atoms with Crippen LogP contribution in [0.25, 0.3) is 0 Å². The summed E-state index contributed by atoms with van der Waals surface area (Å²) in [5.74, 6) is 0.756. The first kappa shape index (κ1) is 11.7. The third-order valence-electron chi connectivity index (χ3n) is 2.38. The van der Waals surface area contributed by atoms with E-state index in [1.165, 1.54) is 0 Å². The van der Waals surface area contributed by atoms with E-state index in [-0.39, 0.29) is 11.7 Å². The van der Waals surface area contributed by atoms with Gasteiger partial charge in [0.2, 0.25) is 5.88 Å². The zero-order chi connectivity index (χ0) is 11.3. The number of ketones is 1. The average molecular weight is 207 g/mol. The van der Waals surface area contributed by atoms with E-state index in [0.717, 1.165) is 5.56 Å². The standard InChI is InChI=1S/C12H17NO2/c1-4-11(14)9(3)10-6-7-13-12(8-10)15-5-2/h6-9H,4-5H2,1-3H3. The molecule has 1 unspecified atom stereocenters. The van der Waals surface area contributed by atoms with Crippen LogP contribution in [0.1, 0.15) is 38.7 Å². The molecule has 0 saturated heterocycles. The first-order chi connectivity index (χ1) is 7.19. The molecule has 15 heavy (non-hydrogen) atoms. The largest absolute Gasteiger partial charge is 0.478 e. The summed E-state index contributed by atoms with van der Waals surface area (Å²) in [6.07, 6.45) is 2.24. The van der Waals surface area contributed by atoms with Crippen molar-refractivity contribution in [2.45, 2.75) is 33.1 Å². The van der Waals surface area contributed by atoms with Crippen molar-refractivity contribution in [2.75, 3.05) is 6.61 Å². The SMILES string of the molecule is CCOc1cc(C(C)C(=O)CC)ccn1. The molecule has 0 aliphatic rings. The van der Waals surface area contributed by atoms with Gasteiger partial charge in [-0.3, -0.25) is 4.79 Å². The molecule has 1 aromatic rings. The molecule has 0 amide bonds. The highest BCUT2D eigenvalue weighted by atomic mass is 16.5. The number of aromatic nitrogens is 1. The van der Waals surface area contributed by atoms with Gasteiger partial charge in [-0.1, -0.05) is 13.8 Å². The van der Waals surface area contributed by atoms with E-state index < -0.39 is 0 Å². The lowest BCUT2D eigenvalue weighted by atomic mass is 9.96. The van der Waals surface area contributed by atoms with Crippen LogP contribution in [0.5, 0.6) is 5.88 Å². The minimum Gasteiger partial charge on any atom is -0.478 e. The first-order valence-corrected chi connectivity index (χ1v) is 5.30. The van der Waals surface area contributed by atoms with Crippen LogP contribution >= 0.6 is 0 Å². The van der Waals surface area contributed by atoms with Crippen LogP contribution in [0.2, 0.25) is 0 Å². The van der Waals surface area contributed by atoms with Crippen LogP contribution in [0, 0.1) is 0 Å². The van der Waals surface area contributed by atoms with Crippen LogP contribution in [-0.2, 0) is 4.79 Å². The smallest absolute Gasteiger partial charge is 0.213 e. The molecule has 82 valence electrons. The second kappa shape index (κ2) is 5.49. The lowest BCUT2D eigenvalue weighted by Gasteiger charge is -2.10. The van der Waals surface area contributed by atoms with E-state index in [2.05, 4.69) is 4.98 Å². The molecule has 1 rings (SSSR count). The zero-order valence-corrected chi connectivity index (χ0v) is 9.49. The molecule has 0 saturated carbocycles. The van der Waals surface area contributed by atoms with Crippen molar-refractivity contribution in [3.63, 3.8) is 0 Å². The summed E-state index contributed by atoms with van der Waals surface area (Å²) in [6, 6.07) is 3.70. The first-order valence-electron chi connectivity index (χ1n) is 5.30. The number of nitrogens with zero attached hydrogens (tertiary/aromatic N) is 1. The molecule has 0 aliphatic heterocycles. The lowest BCUT2D eigenvalue weighted by Crippen LogP contribution is -2.08. The molecule has 0 aliphatic carbocycles. The van der Waals surface area contributed by atoms with Gasteiger partial charge in [0.1, 0.15) is 5.78 Å². The fourth-order valence-corrected chi connectivity index (χ4v) is 1.41. The number of carbonyl (C=O) groups excluding carboxylic acids is 1. The van der Waals surface area contributed by atoms with Gasteiger partial charge < -0.3 is 4.74 Å². The third-order valence-corrected chi connectivity index (χ3v) is 2.38. The maximum absolute atomic E-state index is 11.5. The van der Waals surface area contributed by atoms with Crippen molar-refractivity contribution >= 4 is 5.78 Å². The van der Waals surface area contributed by atoms with E-state index >= 15 is 0 Å². The Hall–Kier alpha value is -1.38. The number of pyridine rings is 1. The third kappa shape index (κ3) is 3.05. The van der Waals surface area contributed by atoms with Crippen molar-refractivity contribution in [3.05, 3.63) is 23.9 Å². The van der Waals surface area contributed by atoms with Crippen molar-refractivity contribution < 1.29 is 9.53 Å². The van der Waals surface area contributed by atoms with Gasteiger partial charge in [0.25, 0.3) is 0 Å². The minimum atomic E-state index is -0.0720. The van der Waals surface area contributed by atoms with Gasteiger partial charge in [0, 0.05) is 24.6 Å². The van der Waals surface area contributed by atoms with Gasteiger partial charge in [-0.15, -0.1) is 0 Å². The highest BCUT2D eigenvalue weighted by Gasteiger charge is 2.13. The summed E-state index contributed by atoms with van der Waals surface area (Å²) in [4.78, 5) is 15.6. The molecular weight excluding hydrogens is 190 g/mol. The Morgan fingerprint density at radius 3 is 2.87 bits per heavy atom. The molecule has 0 aromatic carbocycles. The van der Waals surface area contributed by atoms with Crippen LogP contribution in [0.4, 0.5) is 0 Å². The minimum absolute atomic E-state index is 0.0720. The van der Waals surface area contributed by atoms with Crippen molar-refractivity contribution in [3.8, 4) is 5.88 Å². The summed E-state index contributed by atoms with van der Waals surface area (Å²) < 4.78 is 5.29. The monoisotopic (exact) mass is 207 g/mol. The molecule has 3 heteroatoms. The molecule has 0 radical (unpaired) electrons. The predicted octanol–water partition coefficient (Wildman–Crippen LogP) is 2.56. The van der Waals surface area contributed by atoms with Crippen molar-refractivity contribution in [2.24, 2.45) is 0 Å². The van der Waals surface area contributed by atoms with Crippen LogP contribution in [-0.4, -0.2) is 17.4 Å². The Bertz CT molecular complexity index is 336. The Balaban J connectivity index is 2.84. The number of hydrogen-bond acceptors (Lipinski definition) is 3. The lowest BCUT2D eigenvalue weighted by molar-refractivity contribution is -0.119. The Kier molecular flexibility index (Phi) is 4.28. The summed E-state index contributed by atoms with van der Waals surface area (Å²) in [7, 11) is 0. The summed E-state index contributed by atoms with van der Waals surface area (Å²) in [6.45, 7) is 6.29. The second-order valence-electron chi connectivity index (χ2n) is 3.40. The van der Waals surface area contributed by atoms with E-state index in [1.54, 1.807) is 6.20 Å². The number of hydrogen-bond donors (Lipinski definition) is 0. The molecule has 0 fully saturated rings.